The highest BCUT2D eigenvalue weighted by molar-refractivity contribution is 5.90. The van der Waals surface area contributed by atoms with Crippen LogP contribution in [0.5, 0.6) is 0 Å². The topological polar surface area (TPSA) is 114 Å². The fourth-order valence-corrected chi connectivity index (χ4v) is 2.94. The van der Waals surface area contributed by atoms with Gasteiger partial charge in [-0.2, -0.15) is 9.37 Å². The Hall–Kier alpha value is -2.33. The molecular weight excluding hydrogens is 321 g/mol. The minimum absolute atomic E-state index is 0.202. The molecule has 4 atom stereocenters. The monoisotopic (exact) mass is 335 g/mol. The van der Waals surface area contributed by atoms with Crippen molar-refractivity contribution in [3.05, 3.63) is 36.9 Å². The van der Waals surface area contributed by atoms with Crippen LogP contribution in [0.3, 0.4) is 0 Å². The standard InChI is InChI=1S/C15H14FN3O5/c16-15-17-10(7-2-4-23-6-7)8-1-3-19(13(8)18-15)14-12(22)11(21)9(5-20)24-14/h1-4,6,9,11-12,14,20-22H,5H2/t9-,11?,12?,14-/m1/s1. The summed E-state index contributed by atoms with van der Waals surface area (Å²) >= 11 is 0. The van der Waals surface area contributed by atoms with Crippen molar-refractivity contribution in [2.75, 3.05) is 6.61 Å². The van der Waals surface area contributed by atoms with E-state index >= 15 is 0 Å². The van der Waals surface area contributed by atoms with Crippen LogP contribution in [-0.2, 0) is 4.74 Å². The number of halogens is 1. The number of hydrogen-bond donors (Lipinski definition) is 3. The summed E-state index contributed by atoms with van der Waals surface area (Å²) < 4.78 is 25.8. The smallest absolute Gasteiger partial charge is 0.311 e. The Morgan fingerprint density at radius 3 is 2.71 bits per heavy atom. The molecule has 0 radical (unpaired) electrons. The van der Waals surface area contributed by atoms with Crippen LogP contribution in [-0.4, -0.2) is 54.8 Å². The van der Waals surface area contributed by atoms with E-state index in [1.807, 2.05) is 0 Å². The molecule has 3 N–H and O–H groups in total. The Morgan fingerprint density at radius 2 is 2.04 bits per heavy atom. The minimum Gasteiger partial charge on any atom is -0.472 e. The van der Waals surface area contributed by atoms with Gasteiger partial charge in [0.05, 0.1) is 24.8 Å². The highest BCUT2D eigenvalue weighted by atomic mass is 19.1. The number of aliphatic hydroxyl groups excluding tert-OH is 3. The maximum Gasteiger partial charge on any atom is 0.311 e. The van der Waals surface area contributed by atoms with E-state index in [4.69, 9.17) is 9.15 Å². The van der Waals surface area contributed by atoms with Crippen LogP contribution in [0, 0.1) is 6.08 Å². The second kappa shape index (κ2) is 5.64. The van der Waals surface area contributed by atoms with Crippen LogP contribution in [0.4, 0.5) is 4.39 Å². The molecule has 9 heteroatoms. The van der Waals surface area contributed by atoms with Crippen molar-refractivity contribution in [3.63, 3.8) is 0 Å². The van der Waals surface area contributed by atoms with Crippen molar-refractivity contribution in [3.8, 4) is 11.3 Å². The van der Waals surface area contributed by atoms with Crippen molar-refractivity contribution in [2.45, 2.75) is 24.5 Å². The van der Waals surface area contributed by atoms with Gasteiger partial charge in [-0.15, -0.1) is 0 Å². The van der Waals surface area contributed by atoms with Gasteiger partial charge in [0, 0.05) is 17.1 Å². The van der Waals surface area contributed by atoms with E-state index in [9.17, 15) is 19.7 Å². The van der Waals surface area contributed by atoms with Crippen molar-refractivity contribution in [2.24, 2.45) is 0 Å². The van der Waals surface area contributed by atoms with Crippen molar-refractivity contribution >= 4 is 11.0 Å². The van der Waals surface area contributed by atoms with Gasteiger partial charge in [-0.25, -0.2) is 4.98 Å². The Morgan fingerprint density at radius 1 is 1.21 bits per heavy atom. The summed E-state index contributed by atoms with van der Waals surface area (Å²) in [6.45, 7) is -0.447. The lowest BCUT2D eigenvalue weighted by Crippen LogP contribution is -2.33. The van der Waals surface area contributed by atoms with Gasteiger partial charge in [0.2, 0.25) is 0 Å². The first-order valence-electron chi connectivity index (χ1n) is 7.29. The summed E-state index contributed by atoms with van der Waals surface area (Å²) in [6, 6.07) is 3.30. The van der Waals surface area contributed by atoms with Gasteiger partial charge in [-0.1, -0.05) is 0 Å². The number of aromatic nitrogens is 3. The van der Waals surface area contributed by atoms with Crippen LogP contribution in [0.15, 0.2) is 35.3 Å². The first kappa shape index (κ1) is 15.2. The lowest BCUT2D eigenvalue weighted by molar-refractivity contribution is -0.0509. The van der Waals surface area contributed by atoms with Crippen LogP contribution in [0.25, 0.3) is 22.3 Å². The molecule has 3 aromatic rings. The summed E-state index contributed by atoms with van der Waals surface area (Å²) in [5, 5.41) is 29.8. The average Bonchev–Trinajstić information content (AvgIpc) is 3.28. The zero-order valence-electron chi connectivity index (χ0n) is 12.3. The predicted molar refractivity (Wildman–Crippen MR) is 78.2 cm³/mol. The third-order valence-electron chi connectivity index (χ3n) is 4.13. The maximum absolute atomic E-state index is 13.9. The molecule has 1 fully saturated rings. The third-order valence-corrected chi connectivity index (χ3v) is 4.13. The maximum atomic E-state index is 13.9. The van der Waals surface area contributed by atoms with Crippen LogP contribution >= 0.6 is 0 Å². The SMILES string of the molecule is OC[C@H]1O[C@@H](n2ccc3c(-c4ccoc4)nc(F)nc32)C(O)C1O. The first-order chi connectivity index (χ1) is 11.6. The van der Waals surface area contributed by atoms with E-state index in [0.29, 0.717) is 16.6 Å². The van der Waals surface area contributed by atoms with Gasteiger partial charge in [0.1, 0.15) is 24.0 Å². The average molecular weight is 335 g/mol. The summed E-state index contributed by atoms with van der Waals surface area (Å²) in [5.74, 6) is 0. The molecule has 0 amide bonds. The van der Waals surface area contributed by atoms with E-state index < -0.39 is 37.2 Å². The van der Waals surface area contributed by atoms with Crippen molar-refractivity contribution < 1.29 is 28.9 Å². The van der Waals surface area contributed by atoms with Gasteiger partial charge < -0.3 is 29.0 Å². The molecule has 4 heterocycles. The fourth-order valence-electron chi connectivity index (χ4n) is 2.94. The fraction of sp³-hybridized carbons (Fsp3) is 0.333. The summed E-state index contributed by atoms with van der Waals surface area (Å²) in [5.41, 5.74) is 1.13. The van der Waals surface area contributed by atoms with Crippen LogP contribution in [0.1, 0.15) is 6.23 Å². The number of furan rings is 1. The Labute approximate surface area is 134 Å². The molecule has 0 aliphatic carbocycles. The zero-order chi connectivity index (χ0) is 16.8. The second-order valence-corrected chi connectivity index (χ2v) is 5.54. The largest absolute Gasteiger partial charge is 0.472 e. The minimum atomic E-state index is -1.28. The highest BCUT2D eigenvalue weighted by Gasteiger charge is 2.43. The molecule has 2 unspecified atom stereocenters. The Balaban J connectivity index is 1.84. The number of rotatable bonds is 3. The Kier molecular flexibility index (Phi) is 3.57. The van der Waals surface area contributed by atoms with Crippen LogP contribution < -0.4 is 0 Å². The molecule has 0 spiro atoms. The van der Waals surface area contributed by atoms with Gasteiger partial charge in [0.25, 0.3) is 0 Å². The zero-order valence-corrected chi connectivity index (χ0v) is 12.3. The third kappa shape index (κ3) is 2.21. The van der Waals surface area contributed by atoms with Crippen molar-refractivity contribution in [1.82, 2.24) is 14.5 Å². The molecule has 24 heavy (non-hydrogen) atoms. The van der Waals surface area contributed by atoms with Gasteiger partial charge in [0.15, 0.2) is 6.23 Å². The molecule has 3 aromatic heterocycles. The lowest BCUT2D eigenvalue weighted by Gasteiger charge is -2.17. The number of aliphatic hydroxyl groups is 3. The number of ether oxygens (including phenoxy) is 1. The quantitative estimate of drug-likeness (QED) is 0.595. The molecule has 8 nitrogen and oxygen atoms in total. The molecule has 4 rings (SSSR count). The van der Waals surface area contributed by atoms with E-state index in [2.05, 4.69) is 9.97 Å². The summed E-state index contributed by atoms with van der Waals surface area (Å²) in [7, 11) is 0. The second-order valence-electron chi connectivity index (χ2n) is 5.54. The van der Waals surface area contributed by atoms with Gasteiger partial charge in [-0.05, 0) is 12.1 Å². The van der Waals surface area contributed by atoms with E-state index in [-0.39, 0.29) is 5.65 Å². The van der Waals surface area contributed by atoms with Crippen LogP contribution in [0.2, 0.25) is 0 Å². The molecule has 0 saturated carbocycles. The molecule has 0 aromatic carbocycles. The summed E-state index contributed by atoms with van der Waals surface area (Å²) in [6.07, 6.45) is -0.961. The lowest BCUT2D eigenvalue weighted by atomic mass is 10.1. The normalized spacial score (nSPS) is 27.2. The van der Waals surface area contributed by atoms with Gasteiger partial charge >= 0.3 is 6.08 Å². The summed E-state index contributed by atoms with van der Waals surface area (Å²) in [4.78, 5) is 7.59. The van der Waals surface area contributed by atoms with Gasteiger partial charge in [-0.3, -0.25) is 0 Å². The molecule has 0 bridgehead atoms. The molecule has 1 saturated heterocycles. The molecule has 126 valence electrons. The highest BCUT2D eigenvalue weighted by Crippen LogP contribution is 2.34. The predicted octanol–water partition coefficient (Wildman–Crippen LogP) is 0.442. The molecule has 1 aliphatic rings. The molecule has 1 aliphatic heterocycles. The van der Waals surface area contributed by atoms with E-state index in [0.717, 1.165) is 0 Å². The number of hydrogen-bond acceptors (Lipinski definition) is 7. The number of fused-ring (bicyclic) bond motifs is 1. The van der Waals surface area contributed by atoms with E-state index in [1.54, 1.807) is 18.3 Å². The van der Waals surface area contributed by atoms with E-state index in [1.165, 1.54) is 17.1 Å². The Bertz CT molecular complexity index is 866. The first-order valence-corrected chi connectivity index (χ1v) is 7.29. The number of nitrogens with zero attached hydrogens (tertiary/aromatic N) is 3. The molecular formula is C15H14FN3O5. The van der Waals surface area contributed by atoms with Crippen molar-refractivity contribution in [1.29, 1.82) is 0 Å².